The van der Waals surface area contributed by atoms with Gasteiger partial charge in [0, 0.05) is 25.0 Å². The Kier molecular flexibility index (Phi) is 2.40. The molecule has 0 aliphatic rings. The lowest BCUT2D eigenvalue weighted by molar-refractivity contribution is 0.472. The third-order valence-corrected chi connectivity index (χ3v) is 1.91. The highest BCUT2D eigenvalue weighted by Crippen LogP contribution is 2.12. The van der Waals surface area contributed by atoms with Crippen LogP contribution in [0.4, 0.5) is 0 Å². The predicted molar refractivity (Wildman–Crippen MR) is 52.9 cm³/mol. The van der Waals surface area contributed by atoms with Crippen LogP contribution in [-0.4, -0.2) is 15.1 Å². The van der Waals surface area contributed by atoms with Crippen molar-refractivity contribution in [1.82, 2.24) is 9.97 Å². The number of rotatable bonds is 2. The second-order valence-corrected chi connectivity index (χ2v) is 3.09. The minimum Gasteiger partial charge on any atom is -0.506 e. The molecule has 0 saturated heterocycles. The molecule has 3 nitrogen and oxygen atoms in total. The van der Waals surface area contributed by atoms with Gasteiger partial charge in [-0.25, -0.2) is 0 Å². The molecule has 0 fully saturated rings. The van der Waals surface area contributed by atoms with Crippen LogP contribution in [0.1, 0.15) is 11.1 Å². The van der Waals surface area contributed by atoms with Gasteiger partial charge in [-0.1, -0.05) is 6.07 Å². The van der Waals surface area contributed by atoms with E-state index in [2.05, 4.69) is 9.97 Å². The zero-order valence-electron chi connectivity index (χ0n) is 7.59. The molecule has 2 aromatic rings. The smallest absolute Gasteiger partial charge is 0.134 e. The monoisotopic (exact) mass is 186 g/mol. The van der Waals surface area contributed by atoms with Gasteiger partial charge in [-0.2, -0.15) is 0 Å². The van der Waals surface area contributed by atoms with Crippen molar-refractivity contribution < 1.29 is 5.11 Å². The summed E-state index contributed by atoms with van der Waals surface area (Å²) < 4.78 is 0. The van der Waals surface area contributed by atoms with Gasteiger partial charge in [-0.05, 0) is 23.3 Å². The minimum absolute atomic E-state index is 0.200. The first-order valence-electron chi connectivity index (χ1n) is 4.36. The van der Waals surface area contributed by atoms with Crippen LogP contribution in [0.3, 0.4) is 0 Å². The molecular weight excluding hydrogens is 176 g/mol. The van der Waals surface area contributed by atoms with Gasteiger partial charge in [-0.15, -0.1) is 0 Å². The summed E-state index contributed by atoms with van der Waals surface area (Å²) >= 11 is 0. The van der Waals surface area contributed by atoms with Crippen LogP contribution in [0, 0.1) is 0 Å². The van der Waals surface area contributed by atoms with Gasteiger partial charge in [0.15, 0.2) is 0 Å². The zero-order valence-corrected chi connectivity index (χ0v) is 7.59. The van der Waals surface area contributed by atoms with E-state index < -0.39 is 0 Å². The van der Waals surface area contributed by atoms with E-state index in [-0.39, 0.29) is 5.75 Å². The summed E-state index contributed by atoms with van der Waals surface area (Å²) in [5.74, 6) is 0.200. The number of nitrogens with zero attached hydrogens (tertiary/aromatic N) is 2. The van der Waals surface area contributed by atoms with Crippen molar-refractivity contribution in [2.75, 3.05) is 0 Å². The van der Waals surface area contributed by atoms with E-state index in [1.165, 1.54) is 6.20 Å². The molecule has 3 heteroatoms. The number of hydrogen-bond donors (Lipinski definition) is 1. The fraction of sp³-hybridized carbons (Fsp3) is 0.0909. The van der Waals surface area contributed by atoms with E-state index in [0.29, 0.717) is 0 Å². The van der Waals surface area contributed by atoms with Gasteiger partial charge in [0.1, 0.15) is 5.75 Å². The Morgan fingerprint density at radius 1 is 1.07 bits per heavy atom. The van der Waals surface area contributed by atoms with Crippen LogP contribution in [0.5, 0.6) is 5.75 Å². The van der Waals surface area contributed by atoms with E-state index in [1.54, 1.807) is 18.5 Å². The quantitative estimate of drug-likeness (QED) is 0.777. The normalized spacial score (nSPS) is 10.0. The van der Waals surface area contributed by atoms with E-state index in [9.17, 15) is 5.11 Å². The second kappa shape index (κ2) is 3.87. The summed E-state index contributed by atoms with van der Waals surface area (Å²) in [7, 11) is 0. The van der Waals surface area contributed by atoms with Gasteiger partial charge < -0.3 is 5.11 Å². The van der Waals surface area contributed by atoms with Gasteiger partial charge in [0.05, 0.1) is 6.20 Å². The van der Waals surface area contributed by atoms with E-state index in [4.69, 9.17) is 0 Å². The number of hydrogen-bond acceptors (Lipinski definition) is 3. The molecule has 14 heavy (non-hydrogen) atoms. The van der Waals surface area contributed by atoms with Gasteiger partial charge in [-0.3, -0.25) is 9.97 Å². The van der Waals surface area contributed by atoms with Crippen molar-refractivity contribution in [3.8, 4) is 5.75 Å². The molecule has 1 N–H and O–H groups in total. The highest BCUT2D eigenvalue weighted by molar-refractivity contribution is 5.27. The van der Waals surface area contributed by atoms with Crippen molar-refractivity contribution in [2.24, 2.45) is 0 Å². The van der Waals surface area contributed by atoms with Gasteiger partial charge >= 0.3 is 0 Å². The lowest BCUT2D eigenvalue weighted by atomic mass is 10.1. The average molecular weight is 186 g/mol. The minimum atomic E-state index is 0.200. The molecule has 0 aromatic carbocycles. The first-order valence-corrected chi connectivity index (χ1v) is 4.36. The third kappa shape index (κ3) is 2.07. The Labute approximate surface area is 82.1 Å². The maximum atomic E-state index is 9.21. The predicted octanol–water partition coefficient (Wildman–Crippen LogP) is 1.77. The summed E-state index contributed by atoms with van der Waals surface area (Å²) in [4.78, 5) is 7.93. The molecule has 2 heterocycles. The summed E-state index contributed by atoms with van der Waals surface area (Å²) in [5, 5.41) is 9.21. The molecule has 0 bridgehead atoms. The Morgan fingerprint density at radius 3 is 2.64 bits per heavy atom. The molecule has 2 rings (SSSR count). The number of aromatic hydroxyl groups is 1. The molecule has 0 amide bonds. The molecule has 0 aliphatic heterocycles. The van der Waals surface area contributed by atoms with Crippen molar-refractivity contribution >= 4 is 0 Å². The molecule has 0 atom stereocenters. The molecular formula is C11H10N2O. The first-order chi connectivity index (χ1) is 6.84. The SMILES string of the molecule is Oc1cncc(Cc2cccnc2)c1. The lowest BCUT2D eigenvalue weighted by Crippen LogP contribution is -1.89. The maximum absolute atomic E-state index is 9.21. The van der Waals surface area contributed by atoms with Gasteiger partial charge in [0.2, 0.25) is 0 Å². The van der Waals surface area contributed by atoms with Crippen LogP contribution in [0.15, 0.2) is 43.0 Å². The summed E-state index contributed by atoms with van der Waals surface area (Å²) in [5.41, 5.74) is 2.10. The Bertz CT molecular complexity index is 415. The summed E-state index contributed by atoms with van der Waals surface area (Å²) in [6, 6.07) is 5.60. The summed E-state index contributed by atoms with van der Waals surface area (Å²) in [6.45, 7) is 0. The maximum Gasteiger partial charge on any atom is 0.134 e. The average Bonchev–Trinajstić information content (AvgIpc) is 2.19. The van der Waals surface area contributed by atoms with E-state index in [0.717, 1.165) is 17.5 Å². The van der Waals surface area contributed by atoms with Crippen LogP contribution >= 0.6 is 0 Å². The van der Waals surface area contributed by atoms with Gasteiger partial charge in [0.25, 0.3) is 0 Å². The van der Waals surface area contributed by atoms with Crippen LogP contribution < -0.4 is 0 Å². The lowest BCUT2D eigenvalue weighted by Gasteiger charge is -2.00. The molecule has 0 spiro atoms. The Hall–Kier alpha value is -1.90. The van der Waals surface area contributed by atoms with Crippen LogP contribution in [0.2, 0.25) is 0 Å². The Balaban J connectivity index is 2.19. The molecule has 0 radical (unpaired) electrons. The molecule has 0 aliphatic carbocycles. The van der Waals surface area contributed by atoms with Crippen LogP contribution in [-0.2, 0) is 6.42 Å². The summed E-state index contributed by atoms with van der Waals surface area (Å²) in [6.07, 6.45) is 7.46. The zero-order chi connectivity index (χ0) is 9.80. The third-order valence-electron chi connectivity index (χ3n) is 1.91. The largest absolute Gasteiger partial charge is 0.506 e. The number of pyridine rings is 2. The second-order valence-electron chi connectivity index (χ2n) is 3.09. The molecule has 0 saturated carbocycles. The fourth-order valence-electron chi connectivity index (χ4n) is 1.31. The molecule has 2 aromatic heterocycles. The highest BCUT2D eigenvalue weighted by Gasteiger charge is 1.97. The standard InChI is InChI=1S/C11H10N2O/c14-11-5-10(7-13-8-11)4-9-2-1-3-12-6-9/h1-3,5-8,14H,4H2. The van der Waals surface area contributed by atoms with Crippen molar-refractivity contribution in [1.29, 1.82) is 0 Å². The molecule has 70 valence electrons. The van der Waals surface area contributed by atoms with Crippen molar-refractivity contribution in [3.63, 3.8) is 0 Å². The fourth-order valence-corrected chi connectivity index (χ4v) is 1.31. The topological polar surface area (TPSA) is 46.0 Å². The highest BCUT2D eigenvalue weighted by atomic mass is 16.3. The van der Waals surface area contributed by atoms with Crippen molar-refractivity contribution in [2.45, 2.75) is 6.42 Å². The number of aromatic nitrogens is 2. The molecule has 0 unspecified atom stereocenters. The Morgan fingerprint density at radius 2 is 1.93 bits per heavy atom. The van der Waals surface area contributed by atoms with E-state index >= 15 is 0 Å². The first kappa shape index (κ1) is 8.69. The van der Waals surface area contributed by atoms with E-state index in [1.807, 2.05) is 18.3 Å². The van der Waals surface area contributed by atoms with Crippen molar-refractivity contribution in [3.05, 3.63) is 54.1 Å². The van der Waals surface area contributed by atoms with Crippen LogP contribution in [0.25, 0.3) is 0 Å².